The highest BCUT2D eigenvalue weighted by molar-refractivity contribution is 6.34. The number of aliphatic hydroxyl groups excluding tert-OH is 1. The molecule has 0 saturated carbocycles. The normalized spacial score (nSPS) is 16.8. The standard InChI is InChI=1S/C27H24ClF2N3O3/c1-32-14-27(16-5-3-2-4-6-16)13-18-20(36-27)12-19(29)23(28)21(18)22-17(26(31)35)11-15-7-8-33(9-10-34)25(15)24(22)30/h2-8,11-12,32,34H,9-10,13-14H2,1H3,(H2,31,35)/t27-/m1/s1. The number of carbonyl (C=O) groups is 1. The Bertz CT molecular complexity index is 1490. The van der Waals surface area contributed by atoms with Crippen LogP contribution in [0.1, 0.15) is 21.5 Å². The molecule has 36 heavy (non-hydrogen) atoms. The van der Waals surface area contributed by atoms with Gasteiger partial charge in [-0.25, -0.2) is 8.78 Å². The Balaban J connectivity index is 1.81. The summed E-state index contributed by atoms with van der Waals surface area (Å²) in [5.41, 5.74) is 5.96. The maximum absolute atomic E-state index is 16.3. The second kappa shape index (κ2) is 9.20. The Morgan fingerprint density at radius 1 is 1.22 bits per heavy atom. The van der Waals surface area contributed by atoms with Crippen molar-refractivity contribution in [1.82, 2.24) is 9.88 Å². The quantitative estimate of drug-likeness (QED) is 0.343. The van der Waals surface area contributed by atoms with Crippen molar-refractivity contribution in [3.63, 3.8) is 0 Å². The summed E-state index contributed by atoms with van der Waals surface area (Å²) in [7, 11) is 1.78. The van der Waals surface area contributed by atoms with E-state index in [1.807, 2.05) is 30.3 Å². The predicted molar refractivity (Wildman–Crippen MR) is 134 cm³/mol. The van der Waals surface area contributed by atoms with Crippen molar-refractivity contribution in [3.8, 4) is 16.9 Å². The Labute approximate surface area is 211 Å². The van der Waals surface area contributed by atoms with Crippen molar-refractivity contribution in [1.29, 1.82) is 0 Å². The number of likely N-dealkylation sites (N-methyl/N-ethyl adjacent to an activating group) is 1. The highest BCUT2D eigenvalue weighted by Crippen LogP contribution is 2.50. The van der Waals surface area contributed by atoms with Crippen molar-refractivity contribution in [2.45, 2.75) is 18.6 Å². The maximum Gasteiger partial charge on any atom is 0.249 e. The molecule has 4 aromatic rings. The molecule has 0 saturated heterocycles. The number of amides is 1. The van der Waals surface area contributed by atoms with E-state index in [-0.39, 0.29) is 52.6 Å². The average Bonchev–Trinajstić information content (AvgIpc) is 3.43. The van der Waals surface area contributed by atoms with Gasteiger partial charge in [-0.05, 0) is 24.7 Å². The predicted octanol–water partition coefficient (Wildman–Crippen LogP) is 4.38. The van der Waals surface area contributed by atoms with Gasteiger partial charge in [0.05, 0.1) is 22.7 Å². The molecule has 0 unspecified atom stereocenters. The van der Waals surface area contributed by atoms with E-state index < -0.39 is 23.1 Å². The van der Waals surface area contributed by atoms with E-state index in [4.69, 9.17) is 22.1 Å². The van der Waals surface area contributed by atoms with E-state index in [2.05, 4.69) is 5.32 Å². The summed E-state index contributed by atoms with van der Waals surface area (Å²) in [6.07, 6.45) is 1.85. The maximum atomic E-state index is 16.3. The zero-order valence-corrected chi connectivity index (χ0v) is 20.2. The molecule has 5 rings (SSSR count). The van der Waals surface area contributed by atoms with Crippen LogP contribution < -0.4 is 15.8 Å². The van der Waals surface area contributed by atoms with Gasteiger partial charge in [0, 0.05) is 53.9 Å². The minimum absolute atomic E-state index is 0.0329. The molecule has 1 atom stereocenters. The third-order valence-electron chi connectivity index (χ3n) is 6.66. The highest BCUT2D eigenvalue weighted by atomic mass is 35.5. The highest BCUT2D eigenvalue weighted by Gasteiger charge is 2.43. The molecule has 6 nitrogen and oxygen atoms in total. The van der Waals surface area contributed by atoms with Crippen LogP contribution in [-0.2, 0) is 18.6 Å². The minimum Gasteiger partial charge on any atom is -0.480 e. The van der Waals surface area contributed by atoms with E-state index in [0.29, 0.717) is 17.5 Å². The van der Waals surface area contributed by atoms with E-state index >= 15 is 8.78 Å². The van der Waals surface area contributed by atoms with Gasteiger partial charge < -0.3 is 25.5 Å². The molecule has 0 spiro atoms. The fourth-order valence-electron chi connectivity index (χ4n) is 5.15. The number of nitrogens with one attached hydrogen (secondary N) is 1. The lowest BCUT2D eigenvalue weighted by molar-refractivity contribution is 0.0940. The first-order valence-corrected chi connectivity index (χ1v) is 11.8. The second-order valence-corrected chi connectivity index (χ2v) is 9.22. The van der Waals surface area contributed by atoms with Gasteiger partial charge in [-0.15, -0.1) is 0 Å². The summed E-state index contributed by atoms with van der Waals surface area (Å²) in [5.74, 6) is -2.25. The molecule has 0 fully saturated rings. The molecule has 1 aliphatic rings. The molecule has 4 N–H and O–H groups in total. The molecule has 0 bridgehead atoms. The summed E-state index contributed by atoms with van der Waals surface area (Å²) in [5, 5.41) is 12.7. The first-order chi connectivity index (χ1) is 17.3. The number of ether oxygens (including phenoxy) is 1. The van der Waals surface area contributed by atoms with Crippen LogP contribution in [0.4, 0.5) is 8.78 Å². The van der Waals surface area contributed by atoms with Crippen molar-refractivity contribution in [2.24, 2.45) is 5.73 Å². The number of aromatic nitrogens is 1. The molecule has 1 aliphatic heterocycles. The largest absolute Gasteiger partial charge is 0.480 e. The number of rotatable bonds is 7. The Hall–Kier alpha value is -3.46. The number of benzene rings is 3. The molecule has 9 heteroatoms. The number of hydrogen-bond acceptors (Lipinski definition) is 4. The summed E-state index contributed by atoms with van der Waals surface area (Å²) < 4.78 is 39.3. The van der Waals surface area contributed by atoms with Crippen molar-refractivity contribution >= 4 is 28.4 Å². The number of fused-ring (bicyclic) bond motifs is 2. The fraction of sp³-hybridized carbons (Fsp3) is 0.222. The summed E-state index contributed by atoms with van der Waals surface area (Å²) in [6, 6.07) is 13.7. The van der Waals surface area contributed by atoms with Crippen LogP contribution in [0.15, 0.2) is 54.7 Å². The van der Waals surface area contributed by atoms with Crippen LogP contribution in [0.5, 0.6) is 5.75 Å². The van der Waals surface area contributed by atoms with Gasteiger partial charge in [-0.1, -0.05) is 41.9 Å². The van der Waals surface area contributed by atoms with Crippen LogP contribution in [-0.4, -0.2) is 35.8 Å². The third kappa shape index (κ3) is 3.73. The van der Waals surface area contributed by atoms with Crippen LogP contribution >= 0.6 is 11.6 Å². The zero-order chi connectivity index (χ0) is 25.6. The number of aliphatic hydroxyl groups is 1. The Kier molecular flexibility index (Phi) is 6.20. The lowest BCUT2D eigenvalue weighted by atomic mass is 9.85. The van der Waals surface area contributed by atoms with Crippen LogP contribution in [0.25, 0.3) is 22.0 Å². The number of primary amides is 1. The topological polar surface area (TPSA) is 89.5 Å². The number of halogens is 3. The van der Waals surface area contributed by atoms with Crippen LogP contribution in [0.3, 0.4) is 0 Å². The smallest absolute Gasteiger partial charge is 0.249 e. The second-order valence-electron chi connectivity index (χ2n) is 8.84. The zero-order valence-electron chi connectivity index (χ0n) is 19.4. The Morgan fingerprint density at radius 3 is 2.64 bits per heavy atom. The van der Waals surface area contributed by atoms with Gasteiger partial charge in [-0.2, -0.15) is 0 Å². The molecule has 186 valence electrons. The fourth-order valence-corrected chi connectivity index (χ4v) is 5.41. The molecular weight excluding hydrogens is 488 g/mol. The average molecular weight is 512 g/mol. The van der Waals surface area contributed by atoms with Crippen molar-refractivity contribution in [2.75, 3.05) is 20.2 Å². The lowest BCUT2D eigenvalue weighted by Gasteiger charge is -2.29. The first kappa shape index (κ1) is 24.2. The molecule has 2 heterocycles. The van der Waals surface area contributed by atoms with Crippen molar-refractivity contribution in [3.05, 3.63) is 88.1 Å². The molecule has 0 radical (unpaired) electrons. The first-order valence-electron chi connectivity index (χ1n) is 11.4. The van der Waals surface area contributed by atoms with Gasteiger partial charge >= 0.3 is 0 Å². The SMILES string of the molecule is CNC[C@@]1(c2ccccc2)Cc2c(cc(F)c(Cl)c2-c2c(C(N)=O)cc3ccn(CCO)c3c2F)O1. The molecule has 1 amide bonds. The van der Waals surface area contributed by atoms with E-state index in [1.54, 1.807) is 19.3 Å². The van der Waals surface area contributed by atoms with Crippen LogP contribution in [0, 0.1) is 11.6 Å². The lowest BCUT2D eigenvalue weighted by Crippen LogP contribution is -2.41. The molecular formula is C27H24ClF2N3O3. The number of nitrogens with zero attached hydrogens (tertiary/aromatic N) is 1. The van der Waals surface area contributed by atoms with Gasteiger partial charge in [0.15, 0.2) is 11.4 Å². The van der Waals surface area contributed by atoms with Crippen LogP contribution in [0.2, 0.25) is 5.02 Å². The Morgan fingerprint density at radius 2 is 1.97 bits per heavy atom. The summed E-state index contributed by atoms with van der Waals surface area (Å²) in [4.78, 5) is 12.5. The third-order valence-corrected chi connectivity index (χ3v) is 7.03. The van der Waals surface area contributed by atoms with Crippen molar-refractivity contribution < 1.29 is 23.4 Å². The van der Waals surface area contributed by atoms with E-state index in [0.717, 1.165) is 5.56 Å². The van der Waals surface area contributed by atoms with Gasteiger partial charge in [0.1, 0.15) is 11.6 Å². The minimum atomic E-state index is -0.908. The van der Waals surface area contributed by atoms with Gasteiger partial charge in [0.2, 0.25) is 5.91 Å². The number of carbonyl (C=O) groups excluding carboxylic acids is 1. The van der Waals surface area contributed by atoms with Gasteiger partial charge in [-0.3, -0.25) is 4.79 Å². The van der Waals surface area contributed by atoms with Gasteiger partial charge in [0.25, 0.3) is 0 Å². The molecule has 3 aromatic carbocycles. The number of nitrogens with two attached hydrogens (primary N) is 1. The number of hydrogen-bond donors (Lipinski definition) is 3. The monoisotopic (exact) mass is 511 g/mol. The molecule has 1 aromatic heterocycles. The van der Waals surface area contributed by atoms with E-state index in [1.165, 1.54) is 16.7 Å². The summed E-state index contributed by atoms with van der Waals surface area (Å²) in [6.45, 7) is 0.296. The summed E-state index contributed by atoms with van der Waals surface area (Å²) >= 11 is 6.49. The van der Waals surface area contributed by atoms with E-state index in [9.17, 15) is 9.90 Å². The molecule has 0 aliphatic carbocycles.